The van der Waals surface area contributed by atoms with Crippen molar-refractivity contribution in [2.45, 2.75) is 0 Å². The van der Waals surface area contributed by atoms with E-state index >= 15 is 0 Å². The lowest BCUT2D eigenvalue weighted by atomic mass is 10.3. The Hall–Kier alpha value is -2.24. The lowest BCUT2D eigenvalue weighted by Crippen LogP contribution is -2.35. The monoisotopic (exact) mass is 337 g/mol. The second-order valence-corrected chi connectivity index (χ2v) is 5.25. The van der Waals surface area contributed by atoms with E-state index in [0.29, 0.717) is 21.4 Å². The zero-order valence-electron chi connectivity index (χ0n) is 11.4. The van der Waals surface area contributed by atoms with Gasteiger partial charge in [0.15, 0.2) is 0 Å². The molecule has 2 aromatic carbocycles. The van der Waals surface area contributed by atoms with E-state index in [1.807, 2.05) is 6.07 Å². The minimum absolute atomic E-state index is 0.178. The molecule has 5 nitrogen and oxygen atoms in total. The second kappa shape index (κ2) is 7.68. The van der Waals surface area contributed by atoms with Crippen molar-refractivity contribution in [2.75, 3.05) is 17.2 Å². The van der Waals surface area contributed by atoms with Crippen LogP contribution in [0.15, 0.2) is 48.5 Å². The lowest BCUT2D eigenvalue weighted by molar-refractivity contribution is -0.115. The summed E-state index contributed by atoms with van der Waals surface area (Å²) in [6, 6.07) is 13.1. The van der Waals surface area contributed by atoms with Gasteiger partial charge in [-0.15, -0.1) is 0 Å². The number of amides is 3. The summed E-state index contributed by atoms with van der Waals surface area (Å²) >= 11 is 11.7. The first-order valence-corrected chi connectivity index (χ1v) is 7.14. The van der Waals surface area contributed by atoms with E-state index in [1.165, 1.54) is 0 Å². The van der Waals surface area contributed by atoms with Crippen molar-refractivity contribution in [2.24, 2.45) is 0 Å². The molecule has 0 spiro atoms. The van der Waals surface area contributed by atoms with Crippen molar-refractivity contribution in [3.05, 3.63) is 58.6 Å². The number of nitrogens with one attached hydrogen (secondary N) is 3. The first-order chi connectivity index (χ1) is 10.5. The van der Waals surface area contributed by atoms with Gasteiger partial charge in [0.25, 0.3) is 0 Å². The van der Waals surface area contributed by atoms with Crippen molar-refractivity contribution < 1.29 is 9.59 Å². The molecule has 7 heteroatoms. The predicted molar refractivity (Wildman–Crippen MR) is 88.6 cm³/mol. The first-order valence-electron chi connectivity index (χ1n) is 6.39. The van der Waals surface area contributed by atoms with Gasteiger partial charge in [0.2, 0.25) is 5.91 Å². The number of carbonyl (C=O) groups is 2. The van der Waals surface area contributed by atoms with E-state index in [9.17, 15) is 9.59 Å². The lowest BCUT2D eigenvalue weighted by Gasteiger charge is -2.09. The molecule has 2 rings (SSSR count). The van der Waals surface area contributed by atoms with Crippen LogP contribution in [0.3, 0.4) is 0 Å². The van der Waals surface area contributed by atoms with E-state index in [2.05, 4.69) is 16.0 Å². The Bertz CT molecular complexity index is 657. The Morgan fingerprint density at radius 2 is 1.50 bits per heavy atom. The number of hydrogen-bond donors (Lipinski definition) is 3. The van der Waals surface area contributed by atoms with E-state index in [0.717, 1.165) is 0 Å². The van der Waals surface area contributed by atoms with Gasteiger partial charge in [0.05, 0.1) is 6.54 Å². The van der Waals surface area contributed by atoms with Crippen LogP contribution in [0.4, 0.5) is 16.2 Å². The number of halogens is 2. The first kappa shape index (κ1) is 16.1. The summed E-state index contributed by atoms with van der Waals surface area (Å²) < 4.78 is 0. The third kappa shape index (κ3) is 5.27. The fourth-order valence-corrected chi connectivity index (χ4v) is 2.21. The van der Waals surface area contributed by atoms with E-state index < -0.39 is 6.03 Å². The van der Waals surface area contributed by atoms with Crippen molar-refractivity contribution in [3.63, 3.8) is 0 Å². The molecule has 0 atom stereocenters. The number of carbonyl (C=O) groups excluding carboxylic acids is 2. The van der Waals surface area contributed by atoms with Gasteiger partial charge in [0, 0.05) is 21.4 Å². The van der Waals surface area contributed by atoms with Crippen molar-refractivity contribution in [1.82, 2.24) is 5.32 Å². The highest BCUT2D eigenvalue weighted by Gasteiger charge is 2.07. The second-order valence-electron chi connectivity index (χ2n) is 4.38. The maximum Gasteiger partial charge on any atom is 0.319 e. The third-order valence-corrected chi connectivity index (χ3v) is 3.02. The topological polar surface area (TPSA) is 70.2 Å². The summed E-state index contributed by atoms with van der Waals surface area (Å²) in [5.74, 6) is -0.387. The van der Waals surface area contributed by atoms with Gasteiger partial charge >= 0.3 is 6.03 Å². The van der Waals surface area contributed by atoms with Crippen LogP contribution < -0.4 is 16.0 Å². The van der Waals surface area contributed by atoms with Crippen LogP contribution in [-0.4, -0.2) is 18.5 Å². The fraction of sp³-hybridized carbons (Fsp3) is 0.0667. The molecule has 0 aliphatic heterocycles. The molecule has 0 radical (unpaired) electrons. The van der Waals surface area contributed by atoms with Gasteiger partial charge in [-0.2, -0.15) is 0 Å². The quantitative estimate of drug-likeness (QED) is 0.794. The molecule has 0 unspecified atom stereocenters. The van der Waals surface area contributed by atoms with Crippen molar-refractivity contribution >= 4 is 46.5 Å². The molecule has 3 amide bonds. The Morgan fingerprint density at radius 3 is 2.14 bits per heavy atom. The van der Waals surface area contributed by atoms with Crippen molar-refractivity contribution in [1.29, 1.82) is 0 Å². The molecule has 2 aromatic rings. The zero-order chi connectivity index (χ0) is 15.9. The van der Waals surface area contributed by atoms with Crippen LogP contribution in [0.25, 0.3) is 0 Å². The molecule has 0 aliphatic rings. The molecule has 114 valence electrons. The standard InChI is InChI=1S/C15H13Cl2N3O2/c16-10-6-11(17)8-13(7-10)19-14(21)9-18-15(22)20-12-4-2-1-3-5-12/h1-8H,9H2,(H,19,21)(H2,18,20,22). The predicted octanol–water partition coefficient (Wildman–Crippen LogP) is 3.75. The Balaban J connectivity index is 1.81. The van der Waals surface area contributed by atoms with E-state index in [-0.39, 0.29) is 12.5 Å². The van der Waals surface area contributed by atoms with Gasteiger partial charge < -0.3 is 16.0 Å². The number of anilines is 2. The van der Waals surface area contributed by atoms with Crippen LogP contribution in [0.1, 0.15) is 0 Å². The molecule has 0 heterocycles. The third-order valence-electron chi connectivity index (χ3n) is 2.59. The number of para-hydroxylation sites is 1. The molecule has 0 aliphatic carbocycles. The van der Waals surface area contributed by atoms with Crippen molar-refractivity contribution in [3.8, 4) is 0 Å². The highest BCUT2D eigenvalue weighted by Crippen LogP contribution is 2.22. The van der Waals surface area contributed by atoms with Crippen LogP contribution in [0, 0.1) is 0 Å². The average Bonchev–Trinajstić information content (AvgIpc) is 2.45. The van der Waals surface area contributed by atoms with Crippen LogP contribution in [-0.2, 0) is 4.79 Å². The van der Waals surface area contributed by atoms with Crippen LogP contribution in [0.5, 0.6) is 0 Å². The summed E-state index contributed by atoms with van der Waals surface area (Å²) in [6.45, 7) is -0.178. The van der Waals surface area contributed by atoms with Crippen LogP contribution >= 0.6 is 23.2 Å². The molecule has 0 fully saturated rings. The number of benzene rings is 2. The van der Waals surface area contributed by atoms with Gasteiger partial charge in [-0.1, -0.05) is 41.4 Å². The highest BCUT2D eigenvalue weighted by atomic mass is 35.5. The minimum Gasteiger partial charge on any atom is -0.329 e. The van der Waals surface area contributed by atoms with Gasteiger partial charge in [-0.3, -0.25) is 4.79 Å². The molecule has 0 aromatic heterocycles. The van der Waals surface area contributed by atoms with E-state index in [1.54, 1.807) is 42.5 Å². The summed E-state index contributed by atoms with van der Waals surface area (Å²) in [6.07, 6.45) is 0. The number of hydrogen-bond acceptors (Lipinski definition) is 2. The Labute approximate surface area is 137 Å². The maximum atomic E-state index is 11.8. The zero-order valence-corrected chi connectivity index (χ0v) is 12.9. The normalized spacial score (nSPS) is 9.91. The van der Waals surface area contributed by atoms with E-state index in [4.69, 9.17) is 23.2 Å². The Morgan fingerprint density at radius 1 is 0.864 bits per heavy atom. The fourth-order valence-electron chi connectivity index (χ4n) is 1.69. The molecule has 3 N–H and O–H groups in total. The summed E-state index contributed by atoms with van der Waals surface area (Å²) in [7, 11) is 0. The van der Waals surface area contributed by atoms with Gasteiger partial charge in [0.1, 0.15) is 0 Å². The molecule has 0 saturated carbocycles. The maximum absolute atomic E-state index is 11.8. The summed E-state index contributed by atoms with van der Waals surface area (Å²) in [5, 5.41) is 8.48. The average molecular weight is 338 g/mol. The number of urea groups is 1. The molecule has 0 saturated heterocycles. The largest absolute Gasteiger partial charge is 0.329 e. The SMILES string of the molecule is O=C(CNC(=O)Nc1ccccc1)Nc1cc(Cl)cc(Cl)c1. The highest BCUT2D eigenvalue weighted by molar-refractivity contribution is 6.35. The Kier molecular flexibility index (Phi) is 5.63. The molecule has 22 heavy (non-hydrogen) atoms. The molecular weight excluding hydrogens is 325 g/mol. The smallest absolute Gasteiger partial charge is 0.319 e. The summed E-state index contributed by atoms with van der Waals surface area (Å²) in [4.78, 5) is 23.4. The van der Waals surface area contributed by atoms with Crippen LogP contribution in [0.2, 0.25) is 10.0 Å². The molecular formula is C15H13Cl2N3O2. The summed E-state index contributed by atoms with van der Waals surface area (Å²) in [5.41, 5.74) is 1.11. The molecule has 0 bridgehead atoms. The van der Waals surface area contributed by atoms with Gasteiger partial charge in [-0.05, 0) is 30.3 Å². The minimum atomic E-state index is -0.467. The number of rotatable bonds is 4. The van der Waals surface area contributed by atoms with Gasteiger partial charge in [-0.25, -0.2) is 4.79 Å².